The molecule has 19 heavy (non-hydrogen) atoms. The van der Waals surface area contributed by atoms with E-state index in [1.165, 1.54) is 11.3 Å². The van der Waals surface area contributed by atoms with E-state index < -0.39 is 0 Å². The summed E-state index contributed by atoms with van der Waals surface area (Å²) >= 11 is 1.37. The van der Waals surface area contributed by atoms with E-state index in [0.29, 0.717) is 35.6 Å². The molecule has 1 saturated heterocycles. The number of aromatic amines is 1. The van der Waals surface area contributed by atoms with Gasteiger partial charge < -0.3 is 9.72 Å². The summed E-state index contributed by atoms with van der Waals surface area (Å²) in [5.74, 6) is 0.361. The molecule has 1 fully saturated rings. The third-order valence-corrected chi connectivity index (χ3v) is 4.11. The fourth-order valence-electron chi connectivity index (χ4n) is 2.23. The quantitative estimate of drug-likeness (QED) is 0.838. The molecule has 0 saturated carbocycles. The van der Waals surface area contributed by atoms with Crippen LogP contribution in [0.25, 0.3) is 10.2 Å². The van der Waals surface area contributed by atoms with Gasteiger partial charge in [-0.3, -0.25) is 14.5 Å². The van der Waals surface area contributed by atoms with Crippen molar-refractivity contribution in [1.82, 2.24) is 14.9 Å². The minimum Gasteiger partial charge on any atom is -0.464 e. The molecule has 3 heterocycles. The highest BCUT2D eigenvalue weighted by molar-refractivity contribution is 7.17. The van der Waals surface area contributed by atoms with Gasteiger partial charge >= 0.3 is 5.97 Å². The lowest BCUT2D eigenvalue weighted by atomic mass is 10.2. The van der Waals surface area contributed by atoms with E-state index >= 15 is 0 Å². The van der Waals surface area contributed by atoms with Gasteiger partial charge in [0, 0.05) is 6.42 Å². The van der Waals surface area contributed by atoms with E-state index in [1.807, 2.05) is 23.4 Å². The van der Waals surface area contributed by atoms with Gasteiger partial charge in [-0.2, -0.15) is 0 Å². The molecular formula is C12H13N3O3S. The number of cyclic esters (lactones) is 1. The Morgan fingerprint density at radius 2 is 2.42 bits per heavy atom. The van der Waals surface area contributed by atoms with E-state index in [9.17, 15) is 9.59 Å². The number of rotatable bonds is 3. The number of likely N-dealkylation sites (N-methyl/N-ethyl adjacent to an activating group) is 1. The van der Waals surface area contributed by atoms with E-state index in [0.717, 1.165) is 0 Å². The van der Waals surface area contributed by atoms with Crippen LogP contribution in [0.2, 0.25) is 0 Å². The molecule has 0 bridgehead atoms. The zero-order valence-corrected chi connectivity index (χ0v) is 11.2. The summed E-state index contributed by atoms with van der Waals surface area (Å²) in [5, 5.41) is 1.84. The summed E-state index contributed by atoms with van der Waals surface area (Å²) in [6.07, 6.45) is 0.681. The Morgan fingerprint density at radius 3 is 3.16 bits per heavy atom. The van der Waals surface area contributed by atoms with Crippen LogP contribution in [0.5, 0.6) is 0 Å². The third kappa shape index (κ3) is 2.26. The largest absolute Gasteiger partial charge is 0.464 e. The molecule has 0 spiro atoms. The lowest BCUT2D eigenvalue weighted by molar-refractivity contribution is -0.142. The Balaban J connectivity index is 1.84. The first-order valence-electron chi connectivity index (χ1n) is 5.98. The van der Waals surface area contributed by atoms with Gasteiger partial charge in [-0.15, -0.1) is 11.3 Å². The van der Waals surface area contributed by atoms with E-state index in [-0.39, 0.29) is 17.6 Å². The molecule has 0 aromatic carbocycles. The van der Waals surface area contributed by atoms with Crippen LogP contribution in [-0.4, -0.2) is 40.5 Å². The smallest absolute Gasteiger partial charge is 0.323 e. The number of carbonyl (C=O) groups is 1. The normalized spacial score (nSPS) is 19.3. The van der Waals surface area contributed by atoms with Crippen molar-refractivity contribution in [3.8, 4) is 0 Å². The number of carbonyl (C=O) groups excluding carboxylic acids is 1. The number of nitrogens with zero attached hydrogens (tertiary/aromatic N) is 2. The molecule has 6 nitrogen and oxygen atoms in total. The molecule has 100 valence electrons. The topological polar surface area (TPSA) is 75.3 Å². The second kappa shape index (κ2) is 4.75. The molecule has 2 aromatic rings. The first kappa shape index (κ1) is 12.3. The van der Waals surface area contributed by atoms with Crippen LogP contribution in [-0.2, 0) is 16.1 Å². The number of aromatic nitrogens is 2. The molecule has 1 N–H and O–H groups in total. The highest BCUT2D eigenvalue weighted by atomic mass is 32.1. The van der Waals surface area contributed by atoms with Gasteiger partial charge in [-0.05, 0) is 18.5 Å². The number of hydrogen-bond donors (Lipinski definition) is 1. The SMILES string of the molecule is CN(Cc1nc2ccsc2c(=O)[nH]1)C1CCOC1=O. The molecule has 0 aliphatic carbocycles. The maximum Gasteiger partial charge on any atom is 0.323 e. The number of hydrogen-bond acceptors (Lipinski definition) is 6. The highest BCUT2D eigenvalue weighted by Crippen LogP contribution is 2.16. The monoisotopic (exact) mass is 279 g/mol. The Bertz CT molecular complexity index is 678. The predicted octanol–water partition coefficient (Wildman–Crippen LogP) is 0.732. The first-order valence-corrected chi connectivity index (χ1v) is 6.86. The molecule has 1 atom stereocenters. The van der Waals surface area contributed by atoms with Crippen molar-refractivity contribution in [3.05, 3.63) is 27.6 Å². The number of nitrogens with one attached hydrogen (secondary N) is 1. The summed E-state index contributed by atoms with van der Waals surface area (Å²) in [6, 6.07) is 1.58. The average molecular weight is 279 g/mol. The third-order valence-electron chi connectivity index (χ3n) is 3.20. The van der Waals surface area contributed by atoms with Crippen LogP contribution >= 0.6 is 11.3 Å². The molecule has 1 aliphatic rings. The molecule has 2 aromatic heterocycles. The van der Waals surface area contributed by atoms with Gasteiger partial charge in [-0.25, -0.2) is 4.98 Å². The number of H-pyrrole nitrogens is 1. The molecule has 1 unspecified atom stereocenters. The predicted molar refractivity (Wildman–Crippen MR) is 71.1 cm³/mol. The van der Waals surface area contributed by atoms with Crippen molar-refractivity contribution in [1.29, 1.82) is 0 Å². The van der Waals surface area contributed by atoms with Crippen molar-refractivity contribution >= 4 is 27.5 Å². The number of thiophene rings is 1. The van der Waals surface area contributed by atoms with Gasteiger partial charge in [-0.1, -0.05) is 0 Å². The first-order chi connectivity index (χ1) is 9.15. The summed E-state index contributed by atoms with van der Waals surface area (Å²) in [7, 11) is 1.83. The zero-order valence-electron chi connectivity index (χ0n) is 10.4. The van der Waals surface area contributed by atoms with Crippen molar-refractivity contribution < 1.29 is 9.53 Å². The molecule has 7 heteroatoms. The summed E-state index contributed by atoms with van der Waals surface area (Å²) in [5.41, 5.74) is 0.573. The zero-order chi connectivity index (χ0) is 13.4. The van der Waals surface area contributed by atoms with Crippen LogP contribution in [0.1, 0.15) is 12.2 Å². The minimum atomic E-state index is -0.247. The van der Waals surface area contributed by atoms with Gasteiger partial charge in [0.2, 0.25) is 0 Å². The molecule has 0 radical (unpaired) electrons. The second-order valence-corrected chi connectivity index (χ2v) is 5.45. The van der Waals surface area contributed by atoms with Gasteiger partial charge in [0.1, 0.15) is 16.6 Å². The Morgan fingerprint density at radius 1 is 1.58 bits per heavy atom. The number of fused-ring (bicyclic) bond motifs is 1. The van der Waals surface area contributed by atoms with Crippen LogP contribution in [0.3, 0.4) is 0 Å². The molecule has 3 rings (SSSR count). The lowest BCUT2D eigenvalue weighted by Gasteiger charge is -2.19. The van der Waals surface area contributed by atoms with E-state index in [2.05, 4.69) is 9.97 Å². The Kier molecular flexibility index (Phi) is 3.08. The van der Waals surface area contributed by atoms with Gasteiger partial charge in [0.15, 0.2) is 0 Å². The van der Waals surface area contributed by atoms with Gasteiger partial charge in [0.25, 0.3) is 5.56 Å². The van der Waals surface area contributed by atoms with Crippen molar-refractivity contribution in [2.24, 2.45) is 0 Å². The molecular weight excluding hydrogens is 266 g/mol. The average Bonchev–Trinajstić information content (AvgIpc) is 2.97. The van der Waals surface area contributed by atoms with Crippen molar-refractivity contribution in [3.63, 3.8) is 0 Å². The Labute approximate surface area is 113 Å². The highest BCUT2D eigenvalue weighted by Gasteiger charge is 2.30. The van der Waals surface area contributed by atoms with Crippen molar-refractivity contribution in [2.45, 2.75) is 19.0 Å². The fourth-order valence-corrected chi connectivity index (χ4v) is 2.95. The summed E-state index contributed by atoms with van der Waals surface area (Å²) in [4.78, 5) is 32.3. The second-order valence-electron chi connectivity index (χ2n) is 4.53. The van der Waals surface area contributed by atoms with Crippen LogP contribution in [0.15, 0.2) is 16.2 Å². The fraction of sp³-hybridized carbons (Fsp3) is 0.417. The lowest BCUT2D eigenvalue weighted by Crippen LogP contribution is -2.35. The minimum absolute atomic E-state index is 0.127. The maximum atomic E-state index is 11.8. The van der Waals surface area contributed by atoms with Gasteiger partial charge in [0.05, 0.1) is 18.7 Å². The van der Waals surface area contributed by atoms with E-state index in [4.69, 9.17) is 4.74 Å². The van der Waals surface area contributed by atoms with Crippen LogP contribution < -0.4 is 5.56 Å². The summed E-state index contributed by atoms with van der Waals surface area (Å²) < 4.78 is 5.57. The van der Waals surface area contributed by atoms with Crippen LogP contribution in [0, 0.1) is 0 Å². The number of esters is 1. The molecule has 0 amide bonds. The van der Waals surface area contributed by atoms with Crippen molar-refractivity contribution in [2.75, 3.05) is 13.7 Å². The number of ether oxygens (including phenoxy) is 1. The maximum absolute atomic E-state index is 11.8. The molecule has 1 aliphatic heterocycles. The summed E-state index contributed by atoms with van der Waals surface area (Å²) in [6.45, 7) is 0.877. The standard InChI is InChI=1S/C12H13N3O3S/c1-15(8-2-4-18-12(8)17)6-9-13-7-3-5-19-10(7)11(16)14-9/h3,5,8H,2,4,6H2,1H3,(H,13,14,16). The Hall–Kier alpha value is -1.73. The van der Waals surface area contributed by atoms with Crippen LogP contribution in [0.4, 0.5) is 0 Å². The van der Waals surface area contributed by atoms with E-state index in [1.54, 1.807) is 0 Å².